The second-order valence-corrected chi connectivity index (χ2v) is 8.87. The van der Waals surface area contributed by atoms with Crippen LogP contribution in [0.2, 0.25) is 5.02 Å². The van der Waals surface area contributed by atoms with Crippen LogP contribution < -0.4 is 15.6 Å². The van der Waals surface area contributed by atoms with Crippen LogP contribution in [-0.2, 0) is 10.0 Å². The highest BCUT2D eigenvalue weighted by atomic mass is 35.5. The van der Waals surface area contributed by atoms with E-state index in [4.69, 9.17) is 11.6 Å². The molecule has 0 radical (unpaired) electrons. The molecule has 0 spiro atoms. The molecule has 0 heterocycles. The van der Waals surface area contributed by atoms with Crippen LogP contribution in [0, 0.1) is 10.1 Å². The smallest absolute Gasteiger partial charge is 0.269 e. The predicted molar refractivity (Wildman–Crippen MR) is 120 cm³/mol. The number of non-ortho nitro benzene ring substituents is 1. The fourth-order valence-electron chi connectivity index (χ4n) is 2.79. The number of halogens is 1. The van der Waals surface area contributed by atoms with E-state index in [0.717, 1.165) is 5.56 Å². The molecular formula is C21H19ClN4O5S. The van der Waals surface area contributed by atoms with Crippen molar-refractivity contribution in [2.75, 3.05) is 6.54 Å². The number of sulfonamides is 1. The molecule has 3 aromatic carbocycles. The monoisotopic (exact) mass is 474 g/mol. The maximum atomic E-state index is 12.6. The number of hydrazine groups is 1. The van der Waals surface area contributed by atoms with E-state index < -0.39 is 26.9 Å². The number of nitrogens with zero attached hydrogens (tertiary/aromatic N) is 1. The first kappa shape index (κ1) is 23.4. The number of hydrogen-bond donors (Lipinski definition) is 3. The minimum atomic E-state index is -3.81. The summed E-state index contributed by atoms with van der Waals surface area (Å²) in [5.74, 6) is -0.526. The van der Waals surface area contributed by atoms with Gasteiger partial charge >= 0.3 is 0 Å². The fourth-order valence-corrected chi connectivity index (χ4v) is 3.96. The molecule has 1 atom stereocenters. The summed E-state index contributed by atoms with van der Waals surface area (Å²) >= 11 is 5.82. The molecule has 0 aliphatic rings. The first-order valence-electron chi connectivity index (χ1n) is 9.37. The van der Waals surface area contributed by atoms with Crippen LogP contribution in [0.15, 0.2) is 83.8 Å². The number of hydrogen-bond acceptors (Lipinski definition) is 6. The number of nitrogens with one attached hydrogen (secondary N) is 3. The molecule has 3 aromatic rings. The molecule has 0 aliphatic heterocycles. The van der Waals surface area contributed by atoms with E-state index in [-0.39, 0.29) is 22.7 Å². The molecule has 0 bridgehead atoms. The summed E-state index contributed by atoms with van der Waals surface area (Å²) in [5.41, 5.74) is 6.15. The molecular weight excluding hydrogens is 456 g/mol. The third-order valence-corrected chi connectivity index (χ3v) is 6.20. The van der Waals surface area contributed by atoms with Gasteiger partial charge in [0, 0.05) is 29.3 Å². The van der Waals surface area contributed by atoms with Gasteiger partial charge in [0.15, 0.2) is 0 Å². The highest BCUT2D eigenvalue weighted by Crippen LogP contribution is 2.16. The summed E-state index contributed by atoms with van der Waals surface area (Å²) in [5, 5.41) is 11.2. The average molecular weight is 475 g/mol. The Hall–Kier alpha value is -3.31. The van der Waals surface area contributed by atoms with Gasteiger partial charge in [-0.15, -0.1) is 0 Å². The maximum absolute atomic E-state index is 12.6. The molecule has 0 unspecified atom stereocenters. The molecule has 32 heavy (non-hydrogen) atoms. The van der Waals surface area contributed by atoms with Crippen molar-refractivity contribution in [2.45, 2.75) is 10.9 Å². The fraction of sp³-hybridized carbons (Fsp3) is 0.0952. The lowest BCUT2D eigenvalue weighted by Gasteiger charge is -2.20. The first-order chi connectivity index (χ1) is 15.3. The van der Waals surface area contributed by atoms with Crippen molar-refractivity contribution in [1.29, 1.82) is 0 Å². The lowest BCUT2D eigenvalue weighted by molar-refractivity contribution is -0.384. The minimum absolute atomic E-state index is 0.0589. The number of nitro benzene ring substituents is 1. The van der Waals surface area contributed by atoms with Gasteiger partial charge in [0.25, 0.3) is 11.6 Å². The lowest BCUT2D eigenvalue weighted by atomic mass is 10.1. The van der Waals surface area contributed by atoms with E-state index in [1.165, 1.54) is 48.5 Å². The van der Waals surface area contributed by atoms with E-state index in [1.54, 1.807) is 24.3 Å². The Bertz CT molecular complexity index is 1190. The Kier molecular flexibility index (Phi) is 7.54. The molecule has 0 aliphatic carbocycles. The zero-order chi connectivity index (χ0) is 23.1. The van der Waals surface area contributed by atoms with Crippen LogP contribution in [-0.4, -0.2) is 25.8 Å². The third-order valence-electron chi connectivity index (χ3n) is 4.50. The van der Waals surface area contributed by atoms with E-state index >= 15 is 0 Å². The van der Waals surface area contributed by atoms with E-state index in [0.29, 0.717) is 5.02 Å². The highest BCUT2D eigenvalue weighted by Gasteiger charge is 2.19. The zero-order valence-corrected chi connectivity index (χ0v) is 18.1. The normalized spacial score (nSPS) is 12.2. The van der Waals surface area contributed by atoms with Crippen molar-refractivity contribution in [3.63, 3.8) is 0 Å². The van der Waals surface area contributed by atoms with Gasteiger partial charge in [0.1, 0.15) is 0 Å². The van der Waals surface area contributed by atoms with Gasteiger partial charge in [-0.1, -0.05) is 41.9 Å². The largest absolute Gasteiger partial charge is 0.287 e. The molecule has 166 valence electrons. The molecule has 0 saturated heterocycles. The van der Waals surface area contributed by atoms with Crippen LogP contribution in [0.1, 0.15) is 22.0 Å². The number of rotatable bonds is 9. The molecule has 0 aromatic heterocycles. The van der Waals surface area contributed by atoms with Crippen molar-refractivity contribution < 1.29 is 18.1 Å². The molecule has 1 amide bonds. The first-order valence-corrected chi connectivity index (χ1v) is 11.2. The topological polar surface area (TPSA) is 130 Å². The number of carbonyl (C=O) groups is 1. The standard InChI is InChI=1S/C21H19ClN4O5S/c22-17-8-12-19(13-9-17)32(30,31)23-14-20(15-4-2-1-3-5-15)24-25-21(27)16-6-10-18(11-7-16)26(28)29/h1-13,20,23-24H,14H2,(H,25,27)/t20-/m1/s1. The van der Waals surface area contributed by atoms with Crippen LogP contribution in [0.3, 0.4) is 0 Å². The van der Waals surface area contributed by atoms with Gasteiger partial charge in [-0.05, 0) is 42.0 Å². The van der Waals surface area contributed by atoms with Crippen LogP contribution >= 0.6 is 11.6 Å². The zero-order valence-electron chi connectivity index (χ0n) is 16.6. The van der Waals surface area contributed by atoms with Crippen LogP contribution in [0.4, 0.5) is 5.69 Å². The van der Waals surface area contributed by atoms with Crippen LogP contribution in [0.5, 0.6) is 0 Å². The van der Waals surface area contributed by atoms with E-state index in [9.17, 15) is 23.3 Å². The highest BCUT2D eigenvalue weighted by molar-refractivity contribution is 7.89. The van der Waals surface area contributed by atoms with Gasteiger partial charge in [-0.3, -0.25) is 20.3 Å². The molecule has 3 rings (SSSR count). The van der Waals surface area contributed by atoms with Gasteiger partial charge < -0.3 is 0 Å². The number of carbonyl (C=O) groups excluding carboxylic acids is 1. The summed E-state index contributed by atoms with van der Waals surface area (Å²) in [6.45, 7) is -0.0600. The summed E-state index contributed by atoms with van der Waals surface area (Å²) in [6.07, 6.45) is 0. The van der Waals surface area contributed by atoms with Crippen LogP contribution in [0.25, 0.3) is 0 Å². The summed E-state index contributed by atoms with van der Waals surface area (Å²) in [4.78, 5) is 22.7. The number of amides is 1. The minimum Gasteiger partial charge on any atom is -0.287 e. The average Bonchev–Trinajstić information content (AvgIpc) is 2.80. The number of benzene rings is 3. The predicted octanol–water partition coefficient (Wildman–Crippen LogP) is 3.20. The molecule has 11 heteroatoms. The summed E-state index contributed by atoms with van der Waals surface area (Å²) in [7, 11) is -3.81. The van der Waals surface area contributed by atoms with Crippen molar-refractivity contribution in [1.82, 2.24) is 15.6 Å². The van der Waals surface area contributed by atoms with Crippen molar-refractivity contribution in [2.24, 2.45) is 0 Å². The summed E-state index contributed by atoms with van der Waals surface area (Å²) in [6, 6.07) is 19.2. The Morgan fingerprint density at radius 3 is 2.19 bits per heavy atom. The Balaban J connectivity index is 1.70. The second-order valence-electron chi connectivity index (χ2n) is 6.67. The van der Waals surface area contributed by atoms with Gasteiger partial charge in [-0.2, -0.15) is 0 Å². The quantitative estimate of drug-likeness (QED) is 0.322. The van der Waals surface area contributed by atoms with Crippen molar-refractivity contribution in [3.8, 4) is 0 Å². The van der Waals surface area contributed by atoms with Gasteiger partial charge in [-0.25, -0.2) is 18.6 Å². The molecule has 3 N–H and O–H groups in total. The third kappa shape index (κ3) is 6.11. The van der Waals surface area contributed by atoms with E-state index in [2.05, 4.69) is 15.6 Å². The van der Waals surface area contributed by atoms with Gasteiger partial charge in [0.2, 0.25) is 10.0 Å². The SMILES string of the molecule is O=C(NN[C@H](CNS(=O)(=O)c1ccc(Cl)cc1)c1ccccc1)c1ccc([N+](=O)[O-])cc1. The Labute approximate surface area is 189 Å². The second kappa shape index (κ2) is 10.3. The molecule has 0 fully saturated rings. The molecule has 0 saturated carbocycles. The molecule has 9 nitrogen and oxygen atoms in total. The lowest BCUT2D eigenvalue weighted by Crippen LogP contribution is -2.44. The maximum Gasteiger partial charge on any atom is 0.269 e. The van der Waals surface area contributed by atoms with Crippen molar-refractivity contribution >= 4 is 33.2 Å². The Morgan fingerprint density at radius 1 is 0.969 bits per heavy atom. The summed E-state index contributed by atoms with van der Waals surface area (Å²) < 4.78 is 27.7. The van der Waals surface area contributed by atoms with E-state index in [1.807, 2.05) is 6.07 Å². The van der Waals surface area contributed by atoms with Gasteiger partial charge in [0.05, 0.1) is 15.9 Å². The number of nitro groups is 1. The Morgan fingerprint density at radius 2 is 1.59 bits per heavy atom. The van der Waals surface area contributed by atoms with Crippen molar-refractivity contribution in [3.05, 3.63) is 105 Å².